The molecule has 2 heterocycles. The maximum absolute atomic E-state index is 13.3. The minimum absolute atomic E-state index is 0.241. The van der Waals surface area contributed by atoms with Crippen molar-refractivity contribution in [3.63, 3.8) is 0 Å². The molecule has 148 valence electrons. The van der Waals surface area contributed by atoms with Crippen LogP contribution in [-0.4, -0.2) is 17.5 Å². The summed E-state index contributed by atoms with van der Waals surface area (Å²) >= 11 is 0. The highest BCUT2D eigenvalue weighted by molar-refractivity contribution is 7.90. The molecule has 0 saturated heterocycles. The van der Waals surface area contributed by atoms with Crippen molar-refractivity contribution in [2.75, 3.05) is 0 Å². The van der Waals surface area contributed by atoms with E-state index in [2.05, 4.69) is 5.16 Å². The third-order valence-corrected chi connectivity index (χ3v) is 6.79. The van der Waals surface area contributed by atoms with Crippen LogP contribution in [0.2, 0.25) is 0 Å². The normalized spacial score (nSPS) is 11.8. The summed E-state index contributed by atoms with van der Waals surface area (Å²) in [4.78, 5) is 0.241. The standard InChI is InChI=1S/C24H18N2O3S/c1-17-11-13-19(14-12-17)30(27,28)26-16-21(20-9-5-6-10-23(20)26)22-15-24(29-25-22)18-7-3-2-4-8-18/h2-16H,1H3. The summed E-state index contributed by atoms with van der Waals surface area (Å²) in [6.07, 6.45) is 1.62. The summed E-state index contributed by atoms with van der Waals surface area (Å²) in [5, 5.41) is 5.00. The molecule has 6 heteroatoms. The maximum atomic E-state index is 13.3. The van der Waals surface area contributed by atoms with Gasteiger partial charge in [0, 0.05) is 28.8 Å². The number of hydrogen-bond acceptors (Lipinski definition) is 4. The fourth-order valence-corrected chi connectivity index (χ4v) is 4.89. The zero-order valence-corrected chi connectivity index (χ0v) is 17.0. The topological polar surface area (TPSA) is 65.1 Å². The highest BCUT2D eigenvalue weighted by Gasteiger charge is 2.23. The number of para-hydroxylation sites is 1. The lowest BCUT2D eigenvalue weighted by Gasteiger charge is -2.07. The van der Waals surface area contributed by atoms with Gasteiger partial charge in [0.05, 0.1) is 10.4 Å². The number of hydrogen-bond donors (Lipinski definition) is 0. The van der Waals surface area contributed by atoms with Crippen LogP contribution in [0.25, 0.3) is 33.5 Å². The van der Waals surface area contributed by atoms with Gasteiger partial charge in [-0.15, -0.1) is 0 Å². The first kappa shape index (κ1) is 18.4. The van der Waals surface area contributed by atoms with Crippen molar-refractivity contribution >= 4 is 20.9 Å². The van der Waals surface area contributed by atoms with Gasteiger partial charge in [0.15, 0.2) is 5.76 Å². The van der Waals surface area contributed by atoms with E-state index < -0.39 is 10.0 Å². The number of aryl methyl sites for hydroxylation is 1. The van der Waals surface area contributed by atoms with Gasteiger partial charge >= 0.3 is 0 Å². The molecule has 2 aromatic heterocycles. The van der Waals surface area contributed by atoms with Crippen LogP contribution in [0.15, 0.2) is 101 Å². The predicted octanol–water partition coefficient (Wildman–Crippen LogP) is 5.51. The Hall–Kier alpha value is -3.64. The molecule has 0 amide bonds. The molecule has 0 fully saturated rings. The minimum atomic E-state index is -3.76. The van der Waals surface area contributed by atoms with Gasteiger partial charge in [-0.25, -0.2) is 12.4 Å². The SMILES string of the molecule is Cc1ccc(S(=O)(=O)n2cc(-c3cc(-c4ccccc4)on3)c3ccccc32)cc1. The average Bonchev–Trinajstić information content (AvgIpc) is 3.40. The Morgan fingerprint density at radius 1 is 0.867 bits per heavy atom. The minimum Gasteiger partial charge on any atom is -0.356 e. The largest absolute Gasteiger partial charge is 0.356 e. The van der Waals surface area contributed by atoms with Crippen LogP contribution in [0.1, 0.15) is 5.56 Å². The molecule has 0 saturated carbocycles. The van der Waals surface area contributed by atoms with Gasteiger partial charge in [-0.3, -0.25) is 0 Å². The Labute approximate surface area is 174 Å². The predicted molar refractivity (Wildman–Crippen MR) is 117 cm³/mol. The monoisotopic (exact) mass is 414 g/mol. The zero-order chi connectivity index (χ0) is 20.7. The summed E-state index contributed by atoms with van der Waals surface area (Å²) in [7, 11) is -3.76. The fourth-order valence-electron chi connectivity index (χ4n) is 3.52. The molecule has 0 atom stereocenters. The summed E-state index contributed by atoms with van der Waals surface area (Å²) < 4.78 is 33.6. The van der Waals surface area contributed by atoms with Crippen molar-refractivity contribution in [2.45, 2.75) is 11.8 Å². The fraction of sp³-hybridized carbons (Fsp3) is 0.0417. The zero-order valence-electron chi connectivity index (χ0n) is 16.2. The lowest BCUT2D eigenvalue weighted by atomic mass is 10.1. The molecule has 0 aliphatic heterocycles. The van der Waals surface area contributed by atoms with E-state index in [1.54, 1.807) is 36.5 Å². The van der Waals surface area contributed by atoms with Crippen molar-refractivity contribution in [1.29, 1.82) is 0 Å². The van der Waals surface area contributed by atoms with Crippen LogP contribution in [0.3, 0.4) is 0 Å². The van der Waals surface area contributed by atoms with Gasteiger partial charge in [-0.05, 0) is 25.1 Å². The maximum Gasteiger partial charge on any atom is 0.268 e. The Morgan fingerprint density at radius 3 is 2.33 bits per heavy atom. The van der Waals surface area contributed by atoms with E-state index in [0.29, 0.717) is 22.5 Å². The van der Waals surface area contributed by atoms with Gasteiger partial charge in [-0.2, -0.15) is 0 Å². The number of nitrogens with zero attached hydrogens (tertiary/aromatic N) is 2. The Balaban J connectivity index is 1.67. The van der Waals surface area contributed by atoms with Crippen LogP contribution < -0.4 is 0 Å². The lowest BCUT2D eigenvalue weighted by molar-refractivity contribution is 0.435. The highest BCUT2D eigenvalue weighted by atomic mass is 32.2. The van der Waals surface area contributed by atoms with Crippen LogP contribution >= 0.6 is 0 Å². The van der Waals surface area contributed by atoms with E-state index in [1.807, 2.05) is 61.5 Å². The summed E-state index contributed by atoms with van der Waals surface area (Å²) in [5.41, 5.74) is 3.79. The molecule has 5 aromatic rings. The third-order valence-electron chi connectivity index (χ3n) is 5.10. The first-order valence-corrected chi connectivity index (χ1v) is 10.9. The van der Waals surface area contributed by atoms with Gasteiger partial charge in [0.2, 0.25) is 0 Å². The van der Waals surface area contributed by atoms with Crippen LogP contribution in [0.5, 0.6) is 0 Å². The molecule has 0 bridgehead atoms. The average molecular weight is 414 g/mol. The molecule has 0 aliphatic carbocycles. The molecular weight excluding hydrogens is 396 g/mol. The molecular formula is C24H18N2O3S. The molecule has 3 aromatic carbocycles. The van der Waals surface area contributed by atoms with Crippen molar-refractivity contribution in [2.24, 2.45) is 0 Å². The van der Waals surface area contributed by atoms with Crippen LogP contribution in [-0.2, 0) is 10.0 Å². The van der Waals surface area contributed by atoms with E-state index in [-0.39, 0.29) is 4.90 Å². The Morgan fingerprint density at radius 2 is 1.57 bits per heavy atom. The van der Waals surface area contributed by atoms with Crippen LogP contribution in [0, 0.1) is 6.92 Å². The van der Waals surface area contributed by atoms with Gasteiger partial charge < -0.3 is 4.52 Å². The highest BCUT2D eigenvalue weighted by Crippen LogP contribution is 2.34. The second-order valence-electron chi connectivity index (χ2n) is 7.12. The van der Waals surface area contributed by atoms with Crippen LogP contribution in [0.4, 0.5) is 0 Å². The molecule has 0 aliphatic rings. The molecule has 0 N–H and O–H groups in total. The van der Waals surface area contributed by atoms with Crippen molar-refractivity contribution in [1.82, 2.24) is 9.13 Å². The lowest BCUT2D eigenvalue weighted by Crippen LogP contribution is -2.11. The number of rotatable bonds is 4. The van der Waals surface area contributed by atoms with Gasteiger partial charge in [0.1, 0.15) is 5.69 Å². The van der Waals surface area contributed by atoms with E-state index in [9.17, 15) is 8.42 Å². The van der Waals surface area contributed by atoms with Crippen molar-refractivity contribution in [3.8, 4) is 22.6 Å². The van der Waals surface area contributed by atoms with E-state index in [0.717, 1.165) is 16.5 Å². The second-order valence-corrected chi connectivity index (χ2v) is 8.93. The number of benzene rings is 3. The Kier molecular flexibility index (Phi) is 4.29. The van der Waals surface area contributed by atoms with Crippen molar-refractivity contribution in [3.05, 3.63) is 96.7 Å². The summed E-state index contributed by atoms with van der Waals surface area (Å²) in [5.74, 6) is 0.629. The molecule has 30 heavy (non-hydrogen) atoms. The quantitative estimate of drug-likeness (QED) is 0.389. The summed E-state index contributed by atoms with van der Waals surface area (Å²) in [6.45, 7) is 1.93. The smallest absolute Gasteiger partial charge is 0.268 e. The molecule has 0 spiro atoms. The number of fused-ring (bicyclic) bond motifs is 1. The van der Waals surface area contributed by atoms with E-state index >= 15 is 0 Å². The van der Waals surface area contributed by atoms with Gasteiger partial charge in [0.25, 0.3) is 10.0 Å². The van der Waals surface area contributed by atoms with Gasteiger partial charge in [-0.1, -0.05) is 71.4 Å². The number of aromatic nitrogens is 2. The third kappa shape index (κ3) is 3.02. The second kappa shape index (κ2) is 7.00. The molecule has 0 unspecified atom stereocenters. The first-order valence-electron chi connectivity index (χ1n) is 9.49. The molecule has 5 rings (SSSR count). The van der Waals surface area contributed by atoms with Crippen molar-refractivity contribution < 1.29 is 12.9 Å². The van der Waals surface area contributed by atoms with E-state index in [1.165, 1.54) is 3.97 Å². The summed E-state index contributed by atoms with van der Waals surface area (Å²) in [6, 6.07) is 25.7. The molecule has 5 nitrogen and oxygen atoms in total. The van der Waals surface area contributed by atoms with E-state index in [4.69, 9.17) is 4.52 Å². The Bertz CT molecular complexity index is 1450. The first-order chi connectivity index (χ1) is 14.5. The molecule has 0 radical (unpaired) electrons.